The Morgan fingerprint density at radius 3 is 2.36 bits per heavy atom. The summed E-state index contributed by atoms with van der Waals surface area (Å²) in [5, 5.41) is 20.4. The number of hydrogen-bond acceptors (Lipinski definition) is 5. The number of carboxylic acids is 1. The molecule has 0 radical (unpaired) electrons. The van der Waals surface area contributed by atoms with Crippen molar-refractivity contribution >= 4 is 11.7 Å². The van der Waals surface area contributed by atoms with Crippen molar-refractivity contribution in [3.05, 3.63) is 63.7 Å². The third-order valence-corrected chi connectivity index (χ3v) is 2.96. The molecule has 7 nitrogen and oxygen atoms in total. The van der Waals surface area contributed by atoms with Gasteiger partial charge in [0, 0.05) is 0 Å². The van der Waals surface area contributed by atoms with E-state index in [0.717, 1.165) is 5.56 Å². The SMILES string of the molecule is COc1ccc(OCc2ccccc2)c(C(=O)O)c1[N+](=O)[O-]. The van der Waals surface area contributed by atoms with Crippen molar-refractivity contribution < 1.29 is 24.3 Å². The normalized spacial score (nSPS) is 10.0. The molecule has 0 heterocycles. The lowest BCUT2D eigenvalue weighted by Gasteiger charge is -2.11. The van der Waals surface area contributed by atoms with Crippen LogP contribution in [0, 0.1) is 10.1 Å². The van der Waals surface area contributed by atoms with Gasteiger partial charge in [0.05, 0.1) is 12.0 Å². The second-order valence-corrected chi connectivity index (χ2v) is 4.33. The number of nitrogens with zero attached hydrogens (tertiary/aromatic N) is 1. The molecule has 0 aliphatic rings. The van der Waals surface area contributed by atoms with Crippen molar-refractivity contribution in [3.63, 3.8) is 0 Å². The predicted molar refractivity (Wildman–Crippen MR) is 77.4 cm³/mol. The molecule has 22 heavy (non-hydrogen) atoms. The van der Waals surface area contributed by atoms with Crippen LogP contribution < -0.4 is 9.47 Å². The van der Waals surface area contributed by atoms with Gasteiger partial charge in [0.15, 0.2) is 11.3 Å². The number of carbonyl (C=O) groups is 1. The monoisotopic (exact) mass is 303 g/mol. The van der Waals surface area contributed by atoms with Gasteiger partial charge in [-0.3, -0.25) is 10.1 Å². The molecule has 0 aromatic heterocycles. The summed E-state index contributed by atoms with van der Waals surface area (Å²) in [4.78, 5) is 21.7. The zero-order chi connectivity index (χ0) is 16.1. The van der Waals surface area contributed by atoms with Gasteiger partial charge in [-0.25, -0.2) is 4.79 Å². The maximum atomic E-state index is 11.4. The average molecular weight is 303 g/mol. The molecule has 2 aromatic rings. The Balaban J connectivity index is 2.41. The van der Waals surface area contributed by atoms with Gasteiger partial charge in [0.2, 0.25) is 0 Å². The van der Waals surface area contributed by atoms with E-state index in [4.69, 9.17) is 9.47 Å². The van der Waals surface area contributed by atoms with Gasteiger partial charge in [0.1, 0.15) is 12.4 Å². The Morgan fingerprint density at radius 2 is 1.82 bits per heavy atom. The summed E-state index contributed by atoms with van der Waals surface area (Å²) in [6.07, 6.45) is 0. The van der Waals surface area contributed by atoms with Crippen molar-refractivity contribution in [3.8, 4) is 11.5 Å². The number of aromatic carboxylic acids is 1. The van der Waals surface area contributed by atoms with Crippen LogP contribution in [0.5, 0.6) is 11.5 Å². The van der Waals surface area contributed by atoms with Gasteiger partial charge in [-0.05, 0) is 17.7 Å². The van der Waals surface area contributed by atoms with Gasteiger partial charge in [-0.1, -0.05) is 30.3 Å². The number of methoxy groups -OCH3 is 1. The molecular weight excluding hydrogens is 290 g/mol. The van der Waals surface area contributed by atoms with Gasteiger partial charge < -0.3 is 14.6 Å². The Kier molecular flexibility index (Phi) is 4.57. The first-order valence-electron chi connectivity index (χ1n) is 6.30. The van der Waals surface area contributed by atoms with Crippen molar-refractivity contribution in [2.45, 2.75) is 6.61 Å². The summed E-state index contributed by atoms with van der Waals surface area (Å²) in [6, 6.07) is 11.7. The highest BCUT2D eigenvalue weighted by molar-refractivity contribution is 5.97. The van der Waals surface area contributed by atoms with Crippen LogP contribution >= 0.6 is 0 Å². The van der Waals surface area contributed by atoms with Crippen LogP contribution in [0.4, 0.5) is 5.69 Å². The summed E-state index contributed by atoms with van der Waals surface area (Å²) >= 11 is 0. The van der Waals surface area contributed by atoms with E-state index in [-0.39, 0.29) is 18.1 Å². The zero-order valence-corrected chi connectivity index (χ0v) is 11.7. The molecule has 0 aliphatic heterocycles. The van der Waals surface area contributed by atoms with Crippen molar-refractivity contribution in [2.24, 2.45) is 0 Å². The van der Waals surface area contributed by atoms with Gasteiger partial charge in [-0.15, -0.1) is 0 Å². The summed E-state index contributed by atoms with van der Waals surface area (Å²) < 4.78 is 10.3. The van der Waals surface area contributed by atoms with E-state index in [2.05, 4.69) is 0 Å². The molecule has 0 bridgehead atoms. The third-order valence-electron chi connectivity index (χ3n) is 2.96. The minimum atomic E-state index is -1.45. The predicted octanol–water partition coefficient (Wildman–Crippen LogP) is 2.88. The lowest BCUT2D eigenvalue weighted by atomic mass is 10.1. The lowest BCUT2D eigenvalue weighted by Crippen LogP contribution is -2.08. The fourth-order valence-electron chi connectivity index (χ4n) is 1.96. The number of benzene rings is 2. The Bertz CT molecular complexity index is 699. The van der Waals surface area contributed by atoms with E-state index in [1.54, 1.807) is 12.1 Å². The zero-order valence-electron chi connectivity index (χ0n) is 11.7. The second kappa shape index (κ2) is 6.57. The standard InChI is InChI=1S/C15H13NO6/c1-21-12-8-7-11(13(15(17)18)14(12)16(19)20)22-9-10-5-3-2-4-6-10/h2-8H,9H2,1H3,(H,17,18). The maximum Gasteiger partial charge on any atom is 0.346 e. The highest BCUT2D eigenvalue weighted by Crippen LogP contribution is 2.37. The van der Waals surface area contributed by atoms with Gasteiger partial charge in [0.25, 0.3) is 0 Å². The fraction of sp³-hybridized carbons (Fsp3) is 0.133. The molecule has 0 unspecified atom stereocenters. The molecule has 0 spiro atoms. The fourth-order valence-corrected chi connectivity index (χ4v) is 1.96. The lowest BCUT2D eigenvalue weighted by molar-refractivity contribution is -0.386. The van der Waals surface area contributed by atoms with E-state index in [0.29, 0.717) is 0 Å². The molecule has 0 aliphatic carbocycles. The molecule has 0 fully saturated rings. The van der Waals surface area contributed by atoms with E-state index in [9.17, 15) is 20.0 Å². The first-order chi connectivity index (χ1) is 10.5. The van der Waals surface area contributed by atoms with Crippen LogP contribution in [0.15, 0.2) is 42.5 Å². The average Bonchev–Trinajstić information content (AvgIpc) is 2.52. The molecule has 1 N–H and O–H groups in total. The van der Waals surface area contributed by atoms with Crippen LogP contribution in [0.1, 0.15) is 15.9 Å². The summed E-state index contributed by atoms with van der Waals surface area (Å²) in [7, 11) is 1.23. The first kappa shape index (κ1) is 15.3. The molecule has 0 saturated heterocycles. The quantitative estimate of drug-likeness (QED) is 0.650. The van der Waals surface area contributed by atoms with Crippen LogP contribution in [-0.2, 0) is 6.61 Å². The van der Waals surface area contributed by atoms with Crippen molar-refractivity contribution in [1.29, 1.82) is 0 Å². The van der Waals surface area contributed by atoms with Crippen molar-refractivity contribution in [1.82, 2.24) is 0 Å². The highest BCUT2D eigenvalue weighted by Gasteiger charge is 2.30. The molecule has 2 rings (SSSR count). The van der Waals surface area contributed by atoms with Crippen molar-refractivity contribution in [2.75, 3.05) is 7.11 Å². The number of rotatable bonds is 6. The number of hydrogen-bond donors (Lipinski definition) is 1. The van der Waals surface area contributed by atoms with Crippen LogP contribution in [0.2, 0.25) is 0 Å². The van der Waals surface area contributed by atoms with E-state index < -0.39 is 22.1 Å². The number of ether oxygens (including phenoxy) is 2. The second-order valence-electron chi connectivity index (χ2n) is 4.33. The first-order valence-corrected chi connectivity index (χ1v) is 6.30. The molecular formula is C15H13NO6. The van der Waals surface area contributed by atoms with Crippen LogP contribution in [0.25, 0.3) is 0 Å². The third kappa shape index (κ3) is 3.14. The largest absolute Gasteiger partial charge is 0.490 e. The number of nitro groups is 1. The minimum Gasteiger partial charge on any atom is -0.490 e. The maximum absolute atomic E-state index is 11.4. The molecule has 114 valence electrons. The van der Waals surface area contributed by atoms with E-state index in [1.807, 2.05) is 18.2 Å². The summed E-state index contributed by atoms with van der Waals surface area (Å²) in [5.41, 5.74) is -0.335. The number of nitro benzene ring substituents is 1. The molecule has 0 saturated carbocycles. The van der Waals surface area contributed by atoms with Gasteiger partial charge in [-0.2, -0.15) is 0 Å². The summed E-state index contributed by atoms with van der Waals surface area (Å²) in [5.74, 6) is -1.66. The highest BCUT2D eigenvalue weighted by atomic mass is 16.6. The Hall–Kier alpha value is -3.09. The molecule has 0 amide bonds. The number of carboxylic acid groups (broad SMARTS) is 1. The smallest absolute Gasteiger partial charge is 0.346 e. The van der Waals surface area contributed by atoms with Crippen LogP contribution in [-0.4, -0.2) is 23.1 Å². The van der Waals surface area contributed by atoms with Crippen LogP contribution in [0.3, 0.4) is 0 Å². The van der Waals surface area contributed by atoms with Gasteiger partial charge >= 0.3 is 11.7 Å². The Labute approximate surface area is 125 Å². The Morgan fingerprint density at radius 1 is 1.18 bits per heavy atom. The molecule has 2 aromatic carbocycles. The van der Waals surface area contributed by atoms with E-state index in [1.165, 1.54) is 19.2 Å². The summed E-state index contributed by atoms with van der Waals surface area (Å²) in [6.45, 7) is 0.102. The molecule has 7 heteroatoms. The topological polar surface area (TPSA) is 98.9 Å². The van der Waals surface area contributed by atoms with E-state index >= 15 is 0 Å². The minimum absolute atomic E-state index is 0.0798. The molecule has 0 atom stereocenters.